The molecule has 0 heterocycles. The van der Waals surface area contributed by atoms with Crippen molar-refractivity contribution in [2.24, 2.45) is 16.6 Å². The van der Waals surface area contributed by atoms with Gasteiger partial charge in [-0.05, 0) is 30.5 Å². The summed E-state index contributed by atoms with van der Waals surface area (Å²) in [6.07, 6.45) is 8.15. The number of thioether (sulfide) groups is 1. The normalized spacial score (nSPS) is 12.9. The summed E-state index contributed by atoms with van der Waals surface area (Å²) in [6.45, 7) is 4.87. The molecule has 0 aliphatic carbocycles. The highest BCUT2D eigenvalue weighted by Gasteiger charge is 2.12. The number of nitrogens with zero attached hydrogens (tertiary/aromatic N) is 1. The molecule has 28 heavy (non-hydrogen) atoms. The van der Waals surface area contributed by atoms with E-state index in [4.69, 9.17) is 15.2 Å². The standard InChI is InChI=1S/C22H34N2O3S/c1-5-7-8-17(6-2)16-27-22(25)11-12-28-19-9-10-21(26-4)20(13-19)18(14-23)15-24-3/h9-10,13-15,17H,5-8,11-12,16,23H2,1-4H3. The van der Waals surface area contributed by atoms with Crippen LogP contribution in [0.5, 0.6) is 5.75 Å². The topological polar surface area (TPSA) is 73.9 Å². The molecule has 0 saturated heterocycles. The van der Waals surface area contributed by atoms with Crippen molar-refractivity contribution < 1.29 is 14.3 Å². The molecule has 5 nitrogen and oxygen atoms in total. The lowest BCUT2D eigenvalue weighted by Gasteiger charge is -2.14. The number of benzene rings is 1. The predicted octanol–water partition coefficient (Wildman–Crippen LogP) is 4.94. The highest BCUT2D eigenvalue weighted by atomic mass is 32.2. The molecule has 2 N–H and O–H groups in total. The minimum absolute atomic E-state index is 0.128. The summed E-state index contributed by atoms with van der Waals surface area (Å²) in [6, 6.07) is 5.89. The van der Waals surface area contributed by atoms with Crippen LogP contribution in [-0.4, -0.2) is 38.7 Å². The lowest BCUT2D eigenvalue weighted by atomic mass is 10.0. The second-order valence-corrected chi connectivity index (χ2v) is 7.74. The Kier molecular flexibility index (Phi) is 12.1. The van der Waals surface area contributed by atoms with Gasteiger partial charge in [0.25, 0.3) is 0 Å². The molecule has 1 atom stereocenters. The van der Waals surface area contributed by atoms with Crippen molar-refractivity contribution in [3.63, 3.8) is 0 Å². The van der Waals surface area contributed by atoms with E-state index in [-0.39, 0.29) is 5.97 Å². The van der Waals surface area contributed by atoms with E-state index in [0.717, 1.165) is 34.6 Å². The summed E-state index contributed by atoms with van der Waals surface area (Å²) in [5.41, 5.74) is 7.40. The van der Waals surface area contributed by atoms with Crippen LogP contribution in [0.1, 0.15) is 51.5 Å². The van der Waals surface area contributed by atoms with Gasteiger partial charge in [0.2, 0.25) is 0 Å². The Labute approximate surface area is 173 Å². The van der Waals surface area contributed by atoms with Crippen molar-refractivity contribution in [3.05, 3.63) is 30.0 Å². The Morgan fingerprint density at radius 3 is 2.75 bits per heavy atom. The first-order valence-corrected chi connectivity index (χ1v) is 10.9. The maximum atomic E-state index is 12.0. The fourth-order valence-electron chi connectivity index (χ4n) is 2.78. The van der Waals surface area contributed by atoms with Crippen LogP contribution < -0.4 is 10.5 Å². The van der Waals surface area contributed by atoms with E-state index in [9.17, 15) is 4.79 Å². The van der Waals surface area contributed by atoms with Crippen LogP contribution in [0.15, 0.2) is 34.3 Å². The minimum Gasteiger partial charge on any atom is -0.496 e. The van der Waals surface area contributed by atoms with Gasteiger partial charge in [-0.3, -0.25) is 9.79 Å². The van der Waals surface area contributed by atoms with Crippen molar-refractivity contribution in [1.82, 2.24) is 0 Å². The number of hydrogen-bond acceptors (Lipinski definition) is 6. The number of hydrogen-bond donors (Lipinski definition) is 1. The number of rotatable bonds is 13. The van der Waals surface area contributed by atoms with Gasteiger partial charge in [0.1, 0.15) is 5.75 Å². The molecule has 1 aromatic rings. The van der Waals surface area contributed by atoms with Crippen molar-refractivity contribution in [3.8, 4) is 5.75 Å². The van der Waals surface area contributed by atoms with E-state index in [1.54, 1.807) is 32.1 Å². The van der Waals surface area contributed by atoms with Gasteiger partial charge in [0.15, 0.2) is 0 Å². The molecule has 0 saturated carbocycles. The molecule has 0 spiro atoms. The largest absolute Gasteiger partial charge is 0.496 e. The lowest BCUT2D eigenvalue weighted by molar-refractivity contribution is -0.144. The smallest absolute Gasteiger partial charge is 0.306 e. The van der Waals surface area contributed by atoms with Gasteiger partial charge < -0.3 is 15.2 Å². The van der Waals surface area contributed by atoms with E-state index in [1.807, 2.05) is 18.2 Å². The molecule has 1 unspecified atom stereocenters. The number of allylic oxidation sites excluding steroid dienone is 1. The fourth-order valence-corrected chi connectivity index (χ4v) is 3.65. The summed E-state index contributed by atoms with van der Waals surface area (Å²) >= 11 is 1.61. The van der Waals surface area contributed by atoms with Crippen LogP contribution in [0.2, 0.25) is 0 Å². The van der Waals surface area contributed by atoms with Crippen molar-refractivity contribution in [1.29, 1.82) is 0 Å². The van der Waals surface area contributed by atoms with Crippen LogP contribution in [0.25, 0.3) is 5.57 Å². The quantitative estimate of drug-likeness (QED) is 0.285. The summed E-state index contributed by atoms with van der Waals surface area (Å²) in [5.74, 6) is 1.75. The third-order valence-corrected chi connectivity index (χ3v) is 5.52. The third kappa shape index (κ3) is 8.38. The molecule has 1 aromatic carbocycles. The first-order valence-electron chi connectivity index (χ1n) is 9.90. The average Bonchev–Trinajstić information content (AvgIpc) is 2.72. The average molecular weight is 407 g/mol. The maximum absolute atomic E-state index is 12.0. The maximum Gasteiger partial charge on any atom is 0.306 e. The molecule has 1 rings (SSSR count). The number of methoxy groups -OCH3 is 1. The Morgan fingerprint density at radius 1 is 1.36 bits per heavy atom. The highest BCUT2D eigenvalue weighted by molar-refractivity contribution is 7.99. The zero-order valence-electron chi connectivity index (χ0n) is 17.6. The Morgan fingerprint density at radius 2 is 2.14 bits per heavy atom. The van der Waals surface area contributed by atoms with Crippen molar-refractivity contribution in [2.45, 2.75) is 50.8 Å². The Bertz CT molecular complexity index is 659. The fraction of sp³-hybridized carbons (Fsp3) is 0.545. The van der Waals surface area contributed by atoms with Crippen molar-refractivity contribution in [2.75, 3.05) is 26.5 Å². The van der Waals surface area contributed by atoms with E-state index >= 15 is 0 Å². The Balaban J connectivity index is 2.57. The molecule has 0 amide bonds. The lowest BCUT2D eigenvalue weighted by Crippen LogP contribution is -2.14. The number of carbonyl (C=O) groups excluding carboxylic acids is 1. The zero-order valence-corrected chi connectivity index (χ0v) is 18.4. The molecule has 6 heteroatoms. The molecule has 0 aromatic heterocycles. The van der Waals surface area contributed by atoms with Gasteiger partial charge in [-0.2, -0.15) is 0 Å². The van der Waals surface area contributed by atoms with E-state index in [0.29, 0.717) is 24.7 Å². The van der Waals surface area contributed by atoms with Gasteiger partial charge in [-0.15, -0.1) is 11.8 Å². The van der Waals surface area contributed by atoms with E-state index in [2.05, 4.69) is 18.8 Å². The molecular formula is C22H34N2O3S. The minimum atomic E-state index is -0.128. The number of unbranched alkanes of at least 4 members (excludes halogenated alkanes) is 1. The SMILES string of the molecule is CCCCC(CC)COC(=O)CCSc1ccc(OC)c(C(C=NC)=CN)c1. The van der Waals surface area contributed by atoms with Crippen LogP contribution in [0.4, 0.5) is 0 Å². The summed E-state index contributed by atoms with van der Waals surface area (Å²) < 4.78 is 10.9. The first kappa shape index (κ1) is 24.1. The third-order valence-electron chi connectivity index (χ3n) is 4.53. The summed E-state index contributed by atoms with van der Waals surface area (Å²) in [7, 11) is 3.33. The number of ether oxygens (including phenoxy) is 2. The molecule has 0 fully saturated rings. The molecular weight excluding hydrogens is 372 g/mol. The summed E-state index contributed by atoms with van der Waals surface area (Å²) in [5, 5.41) is 0. The van der Waals surface area contributed by atoms with Gasteiger partial charge >= 0.3 is 5.97 Å². The van der Waals surface area contributed by atoms with Crippen LogP contribution in [-0.2, 0) is 9.53 Å². The van der Waals surface area contributed by atoms with Crippen LogP contribution in [0, 0.1) is 5.92 Å². The van der Waals surface area contributed by atoms with Crippen LogP contribution in [0.3, 0.4) is 0 Å². The second kappa shape index (κ2) is 14.1. The molecule has 0 aliphatic heterocycles. The zero-order chi connectivity index (χ0) is 20.8. The van der Waals surface area contributed by atoms with Gasteiger partial charge in [0, 0.05) is 41.2 Å². The van der Waals surface area contributed by atoms with Crippen molar-refractivity contribution >= 4 is 29.5 Å². The van der Waals surface area contributed by atoms with Crippen LogP contribution >= 0.6 is 11.8 Å². The number of aliphatic imine (C=N–C) groups is 1. The molecule has 0 bridgehead atoms. The first-order chi connectivity index (χ1) is 13.6. The Hall–Kier alpha value is -1.95. The van der Waals surface area contributed by atoms with Gasteiger partial charge in [-0.1, -0.05) is 33.1 Å². The number of nitrogens with two attached hydrogens (primary N) is 1. The molecule has 156 valence electrons. The van der Waals surface area contributed by atoms with Gasteiger partial charge in [0.05, 0.1) is 20.1 Å². The van der Waals surface area contributed by atoms with E-state index in [1.165, 1.54) is 19.0 Å². The second-order valence-electron chi connectivity index (χ2n) is 6.57. The number of esters is 1. The van der Waals surface area contributed by atoms with Gasteiger partial charge in [-0.25, -0.2) is 0 Å². The number of carbonyl (C=O) groups is 1. The molecule has 0 aliphatic rings. The van der Waals surface area contributed by atoms with E-state index < -0.39 is 0 Å². The monoisotopic (exact) mass is 406 g/mol. The highest BCUT2D eigenvalue weighted by Crippen LogP contribution is 2.30. The predicted molar refractivity (Wildman–Crippen MR) is 119 cm³/mol. The molecule has 0 radical (unpaired) electrons. The summed E-state index contributed by atoms with van der Waals surface area (Å²) in [4.78, 5) is 17.1.